The Hall–Kier alpha value is -1.33. The summed E-state index contributed by atoms with van der Waals surface area (Å²) in [5.41, 5.74) is 2.76. The molecule has 1 aromatic rings. The Morgan fingerprint density at radius 2 is 1.71 bits per heavy atom. The minimum Gasteiger partial charge on any atom is -0.291 e. The Bertz CT molecular complexity index is 362. The molecule has 0 aliphatic carbocycles. The topological polar surface area (TPSA) is 27.0 Å². The summed E-state index contributed by atoms with van der Waals surface area (Å²) in [4.78, 5) is 2.08. The van der Waals surface area contributed by atoms with Crippen LogP contribution in [-0.4, -0.2) is 24.5 Å². The van der Waals surface area contributed by atoms with E-state index in [2.05, 4.69) is 42.2 Å². The van der Waals surface area contributed by atoms with Crippen molar-refractivity contribution in [1.29, 1.82) is 5.26 Å². The Kier molecular flexibility index (Phi) is 5.72. The molecular weight excluding hydrogens is 208 g/mol. The summed E-state index contributed by atoms with van der Waals surface area (Å²) in [6.45, 7) is 5.07. The molecular formula is C15H22N2. The fourth-order valence-corrected chi connectivity index (χ4v) is 1.76. The van der Waals surface area contributed by atoms with Crippen LogP contribution in [0.1, 0.15) is 31.4 Å². The first-order valence-electron chi connectivity index (χ1n) is 6.35. The highest BCUT2D eigenvalue weighted by molar-refractivity contribution is 5.22. The monoisotopic (exact) mass is 230 g/mol. The molecule has 0 saturated carbocycles. The first-order chi connectivity index (χ1) is 8.17. The molecule has 0 N–H and O–H groups in total. The van der Waals surface area contributed by atoms with Gasteiger partial charge in [-0.15, -0.1) is 0 Å². The molecule has 1 aromatic carbocycles. The minimum atomic E-state index is -0.00522. The fourth-order valence-electron chi connectivity index (χ4n) is 1.76. The van der Waals surface area contributed by atoms with Crippen molar-refractivity contribution in [2.45, 2.75) is 39.2 Å². The zero-order valence-electron chi connectivity index (χ0n) is 11.1. The van der Waals surface area contributed by atoms with Gasteiger partial charge in [0.2, 0.25) is 0 Å². The zero-order valence-corrected chi connectivity index (χ0v) is 11.1. The maximum atomic E-state index is 8.81. The third-order valence-electron chi connectivity index (χ3n) is 3.16. The molecule has 92 valence electrons. The number of rotatable bonds is 6. The van der Waals surface area contributed by atoms with Gasteiger partial charge in [0.1, 0.15) is 0 Å². The smallest absolute Gasteiger partial charge is 0.0946 e. The molecule has 0 spiro atoms. The molecule has 0 aromatic heterocycles. The highest BCUT2D eigenvalue weighted by Crippen LogP contribution is 2.08. The van der Waals surface area contributed by atoms with Crippen LogP contribution in [0.25, 0.3) is 0 Å². The van der Waals surface area contributed by atoms with Crippen molar-refractivity contribution < 1.29 is 0 Å². The van der Waals surface area contributed by atoms with Crippen molar-refractivity contribution in [3.05, 3.63) is 35.4 Å². The lowest BCUT2D eigenvalue weighted by atomic mass is 10.1. The van der Waals surface area contributed by atoms with Crippen LogP contribution in [-0.2, 0) is 12.8 Å². The number of likely N-dealkylation sites (N-methyl/N-ethyl adjacent to an activating group) is 1. The normalized spacial score (nSPS) is 12.4. The molecule has 0 fully saturated rings. The maximum absolute atomic E-state index is 8.81. The summed E-state index contributed by atoms with van der Waals surface area (Å²) >= 11 is 0. The van der Waals surface area contributed by atoms with Crippen LogP contribution in [0.4, 0.5) is 0 Å². The second-order valence-corrected chi connectivity index (χ2v) is 4.60. The van der Waals surface area contributed by atoms with Crippen molar-refractivity contribution in [3.8, 4) is 6.07 Å². The number of hydrogen-bond acceptors (Lipinski definition) is 2. The van der Waals surface area contributed by atoms with Crippen LogP contribution in [0, 0.1) is 11.3 Å². The predicted octanol–water partition coefficient (Wildman–Crippen LogP) is 3.03. The van der Waals surface area contributed by atoms with Gasteiger partial charge in [-0.25, -0.2) is 0 Å². The molecule has 1 atom stereocenters. The van der Waals surface area contributed by atoms with E-state index in [1.807, 2.05) is 14.0 Å². The number of aryl methyl sites for hydroxylation is 1. The van der Waals surface area contributed by atoms with E-state index < -0.39 is 0 Å². The highest BCUT2D eigenvalue weighted by atomic mass is 15.1. The summed E-state index contributed by atoms with van der Waals surface area (Å²) in [5.74, 6) is 0. The molecule has 0 bridgehead atoms. The summed E-state index contributed by atoms with van der Waals surface area (Å²) in [6.07, 6.45) is 3.36. The van der Waals surface area contributed by atoms with Crippen LogP contribution >= 0.6 is 0 Å². The maximum Gasteiger partial charge on any atom is 0.0946 e. The quantitative estimate of drug-likeness (QED) is 0.751. The Morgan fingerprint density at radius 1 is 1.18 bits per heavy atom. The van der Waals surface area contributed by atoms with E-state index in [1.165, 1.54) is 17.5 Å². The van der Waals surface area contributed by atoms with E-state index in [1.54, 1.807) is 0 Å². The molecule has 2 heteroatoms. The van der Waals surface area contributed by atoms with Crippen molar-refractivity contribution in [3.63, 3.8) is 0 Å². The van der Waals surface area contributed by atoms with Crippen molar-refractivity contribution in [2.24, 2.45) is 0 Å². The standard InChI is InChI=1S/C15H22N2/c1-4-5-14-6-8-15(9-7-14)10-11-17(3)13(2)12-16/h6-9,13H,4-5,10-11H2,1-3H3. The Morgan fingerprint density at radius 3 is 2.18 bits per heavy atom. The minimum absolute atomic E-state index is 0.00522. The molecule has 1 unspecified atom stereocenters. The molecule has 2 nitrogen and oxygen atoms in total. The molecule has 0 saturated heterocycles. The van der Waals surface area contributed by atoms with E-state index in [0.29, 0.717) is 0 Å². The van der Waals surface area contributed by atoms with Gasteiger partial charge >= 0.3 is 0 Å². The number of nitriles is 1. The fraction of sp³-hybridized carbons (Fsp3) is 0.533. The predicted molar refractivity (Wildman–Crippen MR) is 71.8 cm³/mol. The number of nitrogens with zero attached hydrogens (tertiary/aromatic N) is 2. The van der Waals surface area contributed by atoms with Gasteiger partial charge in [-0.3, -0.25) is 4.90 Å². The largest absolute Gasteiger partial charge is 0.291 e. The molecule has 0 aliphatic rings. The van der Waals surface area contributed by atoms with Crippen LogP contribution in [0.2, 0.25) is 0 Å². The average Bonchev–Trinajstić information content (AvgIpc) is 2.37. The zero-order chi connectivity index (χ0) is 12.7. The second kappa shape index (κ2) is 7.09. The summed E-state index contributed by atoms with van der Waals surface area (Å²) in [6, 6.07) is 11.1. The van der Waals surface area contributed by atoms with E-state index in [4.69, 9.17) is 5.26 Å². The third kappa shape index (κ3) is 4.58. The number of hydrogen-bond donors (Lipinski definition) is 0. The van der Waals surface area contributed by atoms with Crippen LogP contribution in [0.5, 0.6) is 0 Å². The van der Waals surface area contributed by atoms with Gasteiger partial charge in [-0.05, 0) is 37.9 Å². The van der Waals surface area contributed by atoms with Crippen molar-refractivity contribution in [2.75, 3.05) is 13.6 Å². The van der Waals surface area contributed by atoms with Gasteiger partial charge in [0.15, 0.2) is 0 Å². The van der Waals surface area contributed by atoms with E-state index in [9.17, 15) is 0 Å². The van der Waals surface area contributed by atoms with Gasteiger partial charge in [0.25, 0.3) is 0 Å². The summed E-state index contributed by atoms with van der Waals surface area (Å²) in [7, 11) is 2.00. The molecule has 0 aliphatic heterocycles. The lowest BCUT2D eigenvalue weighted by Gasteiger charge is -2.18. The SMILES string of the molecule is CCCc1ccc(CCN(C)C(C)C#N)cc1. The molecule has 17 heavy (non-hydrogen) atoms. The Balaban J connectivity index is 2.45. The average molecular weight is 230 g/mol. The van der Waals surface area contributed by atoms with Crippen LogP contribution in [0.3, 0.4) is 0 Å². The van der Waals surface area contributed by atoms with Crippen LogP contribution < -0.4 is 0 Å². The van der Waals surface area contributed by atoms with Gasteiger partial charge in [-0.2, -0.15) is 5.26 Å². The van der Waals surface area contributed by atoms with Crippen molar-refractivity contribution >= 4 is 0 Å². The molecule has 0 amide bonds. The van der Waals surface area contributed by atoms with Gasteiger partial charge < -0.3 is 0 Å². The van der Waals surface area contributed by atoms with Crippen LogP contribution in [0.15, 0.2) is 24.3 Å². The number of benzene rings is 1. The van der Waals surface area contributed by atoms with Gasteiger partial charge in [0.05, 0.1) is 12.1 Å². The summed E-state index contributed by atoms with van der Waals surface area (Å²) < 4.78 is 0. The van der Waals surface area contributed by atoms with E-state index in [-0.39, 0.29) is 6.04 Å². The highest BCUT2D eigenvalue weighted by Gasteiger charge is 2.06. The Labute approximate surface area is 105 Å². The molecule has 1 rings (SSSR count). The van der Waals surface area contributed by atoms with Gasteiger partial charge in [-0.1, -0.05) is 37.6 Å². The van der Waals surface area contributed by atoms with E-state index >= 15 is 0 Å². The summed E-state index contributed by atoms with van der Waals surface area (Å²) in [5, 5.41) is 8.81. The second-order valence-electron chi connectivity index (χ2n) is 4.60. The first-order valence-corrected chi connectivity index (χ1v) is 6.35. The van der Waals surface area contributed by atoms with Crippen molar-refractivity contribution in [1.82, 2.24) is 4.90 Å². The molecule has 0 radical (unpaired) electrons. The first kappa shape index (κ1) is 13.7. The van der Waals surface area contributed by atoms with E-state index in [0.717, 1.165) is 19.4 Å². The third-order valence-corrected chi connectivity index (χ3v) is 3.16. The molecule has 0 heterocycles. The van der Waals surface area contributed by atoms with Gasteiger partial charge in [0, 0.05) is 6.54 Å². The lowest BCUT2D eigenvalue weighted by Crippen LogP contribution is -2.29. The lowest BCUT2D eigenvalue weighted by molar-refractivity contribution is 0.306.